The number of halogens is 2. The van der Waals surface area contributed by atoms with Crippen molar-refractivity contribution in [1.82, 2.24) is 10.2 Å². The lowest BCUT2D eigenvalue weighted by Crippen LogP contribution is -2.46. The van der Waals surface area contributed by atoms with Gasteiger partial charge >= 0.3 is 6.03 Å². The minimum atomic E-state index is -0.186. The summed E-state index contributed by atoms with van der Waals surface area (Å²) in [7, 11) is 0. The van der Waals surface area contributed by atoms with Crippen molar-refractivity contribution in [3.63, 3.8) is 0 Å². The Bertz CT molecular complexity index is 784. The third-order valence-electron chi connectivity index (χ3n) is 6.99. The van der Waals surface area contributed by atoms with Crippen molar-refractivity contribution in [1.29, 1.82) is 0 Å². The largest absolute Gasteiger partial charge is 0.335 e. The fourth-order valence-electron chi connectivity index (χ4n) is 5.27. The third-order valence-corrected chi connectivity index (χ3v) is 7.73. The lowest BCUT2D eigenvalue weighted by atomic mass is 9.79. The number of hydrogen-bond acceptors (Lipinski definition) is 2. The number of benzene rings is 1. The van der Waals surface area contributed by atoms with E-state index in [-0.39, 0.29) is 12.1 Å². The Morgan fingerprint density at radius 2 is 1.89 bits per heavy atom. The number of likely N-dealkylation sites (tertiary alicyclic amines) is 1. The molecule has 2 amide bonds. The number of nitrogens with zero attached hydrogens (tertiary/aromatic N) is 1. The van der Waals surface area contributed by atoms with Gasteiger partial charge < -0.3 is 10.6 Å². The van der Waals surface area contributed by atoms with Crippen LogP contribution >= 0.6 is 23.2 Å². The lowest BCUT2D eigenvalue weighted by Gasteiger charge is -2.34. The zero-order chi connectivity index (χ0) is 19.9. The average molecular weight is 422 g/mol. The van der Waals surface area contributed by atoms with Crippen molar-refractivity contribution >= 4 is 34.9 Å². The Hall–Kier alpha value is -1.23. The van der Waals surface area contributed by atoms with E-state index >= 15 is 0 Å². The number of carbonyl (C=O) groups is 1. The van der Waals surface area contributed by atoms with Gasteiger partial charge in [0.2, 0.25) is 0 Å². The number of rotatable bonds is 4. The molecule has 0 spiro atoms. The second-order valence-electron chi connectivity index (χ2n) is 9.08. The molecule has 6 heteroatoms. The fourth-order valence-corrected chi connectivity index (χ4v) is 5.57. The van der Waals surface area contributed by atoms with Crippen molar-refractivity contribution in [3.05, 3.63) is 39.9 Å². The molecule has 28 heavy (non-hydrogen) atoms. The molecule has 1 aliphatic heterocycles. The highest BCUT2D eigenvalue weighted by molar-refractivity contribution is 6.42. The van der Waals surface area contributed by atoms with Gasteiger partial charge in [-0.15, -0.1) is 0 Å². The highest BCUT2D eigenvalue weighted by atomic mass is 35.5. The van der Waals surface area contributed by atoms with Crippen molar-refractivity contribution in [2.24, 2.45) is 17.3 Å². The van der Waals surface area contributed by atoms with Crippen LogP contribution in [-0.2, 0) is 0 Å². The van der Waals surface area contributed by atoms with E-state index in [9.17, 15) is 4.79 Å². The first-order chi connectivity index (χ1) is 13.3. The molecular weight excluding hydrogens is 393 g/mol. The van der Waals surface area contributed by atoms with Gasteiger partial charge in [0.15, 0.2) is 0 Å². The van der Waals surface area contributed by atoms with Crippen LogP contribution in [-0.4, -0.2) is 36.6 Å². The van der Waals surface area contributed by atoms with Crippen LogP contribution in [0.3, 0.4) is 0 Å². The first-order valence-electron chi connectivity index (χ1n) is 10.3. The molecule has 2 aliphatic carbocycles. The van der Waals surface area contributed by atoms with E-state index in [0.29, 0.717) is 21.1 Å². The summed E-state index contributed by atoms with van der Waals surface area (Å²) < 4.78 is 0. The molecule has 3 aliphatic rings. The first kappa shape index (κ1) is 20.1. The van der Waals surface area contributed by atoms with Gasteiger partial charge in [-0.1, -0.05) is 48.7 Å². The Morgan fingerprint density at radius 1 is 1.14 bits per heavy atom. The molecule has 0 radical (unpaired) electrons. The van der Waals surface area contributed by atoms with Gasteiger partial charge in [-0.2, -0.15) is 0 Å². The summed E-state index contributed by atoms with van der Waals surface area (Å²) >= 11 is 11.9. The maximum Gasteiger partial charge on any atom is 0.319 e. The van der Waals surface area contributed by atoms with Gasteiger partial charge in [-0.3, -0.25) is 4.90 Å². The molecular formula is C22H29Cl2N3O. The standard InChI is InChI=1S/C22H29Cl2N3O/c1-22(2)15-3-5-18(22)14(11-15)13-27-9-7-16(8-10-27)25-21(28)26-17-4-6-19(23)20(24)12-17/h4,6,11-12,15-16,18H,3,5,7-10,13H2,1-2H3,(H2,25,26,28)/t15-,18+/m1/s1. The van der Waals surface area contributed by atoms with Gasteiger partial charge in [0.25, 0.3) is 0 Å². The molecule has 0 unspecified atom stereocenters. The van der Waals surface area contributed by atoms with Crippen LogP contribution in [0.15, 0.2) is 29.8 Å². The minimum Gasteiger partial charge on any atom is -0.335 e. The molecule has 152 valence electrons. The van der Waals surface area contributed by atoms with E-state index in [1.54, 1.807) is 23.8 Å². The predicted octanol–water partition coefficient (Wildman–Crippen LogP) is 5.57. The van der Waals surface area contributed by atoms with Crippen LogP contribution in [0.4, 0.5) is 10.5 Å². The predicted molar refractivity (Wildman–Crippen MR) is 116 cm³/mol. The summed E-state index contributed by atoms with van der Waals surface area (Å²) in [4.78, 5) is 14.8. The van der Waals surface area contributed by atoms with Crippen LogP contribution in [0.2, 0.25) is 10.0 Å². The number of nitrogens with one attached hydrogen (secondary N) is 2. The van der Waals surface area contributed by atoms with Crippen LogP contribution in [0.5, 0.6) is 0 Å². The quantitative estimate of drug-likeness (QED) is 0.623. The monoisotopic (exact) mass is 421 g/mol. The molecule has 1 saturated heterocycles. The second kappa shape index (κ2) is 7.89. The Kier molecular flexibility index (Phi) is 5.65. The highest BCUT2D eigenvalue weighted by Gasteiger charge is 2.48. The molecule has 4 rings (SSSR count). The Labute approximate surface area is 177 Å². The van der Waals surface area contributed by atoms with Crippen molar-refractivity contribution in [2.75, 3.05) is 25.0 Å². The van der Waals surface area contributed by atoms with E-state index < -0.39 is 0 Å². The van der Waals surface area contributed by atoms with Gasteiger partial charge in [-0.05, 0) is 61.1 Å². The molecule has 1 aromatic rings. The summed E-state index contributed by atoms with van der Waals surface area (Å²) in [6.45, 7) is 8.04. The van der Waals surface area contributed by atoms with E-state index in [2.05, 4.69) is 35.5 Å². The summed E-state index contributed by atoms with van der Waals surface area (Å²) in [6, 6.07) is 5.13. The zero-order valence-corrected chi connectivity index (χ0v) is 18.1. The number of allylic oxidation sites excluding steroid dienone is 1. The van der Waals surface area contributed by atoms with E-state index in [1.807, 2.05) is 0 Å². The van der Waals surface area contributed by atoms with Crippen LogP contribution < -0.4 is 10.6 Å². The van der Waals surface area contributed by atoms with Gasteiger partial charge in [0, 0.05) is 31.4 Å². The number of carbonyl (C=O) groups excluding carboxylic acids is 1. The second-order valence-corrected chi connectivity index (χ2v) is 9.89. The molecule has 2 N–H and O–H groups in total. The molecule has 2 fully saturated rings. The normalized spacial score (nSPS) is 26.9. The SMILES string of the molecule is CC1(C)[C@H]2C=C(CN3CCC(NC(=O)Nc4ccc(Cl)c(Cl)c4)CC3)[C@@H]1CC2. The molecule has 2 atom stereocenters. The number of anilines is 1. The van der Waals surface area contributed by atoms with E-state index in [0.717, 1.165) is 44.3 Å². The van der Waals surface area contributed by atoms with E-state index in [1.165, 1.54) is 12.8 Å². The summed E-state index contributed by atoms with van der Waals surface area (Å²) in [5, 5.41) is 6.84. The van der Waals surface area contributed by atoms with Crippen LogP contribution in [0.25, 0.3) is 0 Å². The fraction of sp³-hybridized carbons (Fsp3) is 0.591. The third kappa shape index (κ3) is 4.05. The summed E-state index contributed by atoms with van der Waals surface area (Å²) in [5.41, 5.74) is 2.76. The van der Waals surface area contributed by atoms with E-state index in [4.69, 9.17) is 23.2 Å². The van der Waals surface area contributed by atoms with Crippen LogP contribution in [0.1, 0.15) is 39.5 Å². The average Bonchev–Trinajstić information content (AvgIpc) is 3.06. The maximum atomic E-state index is 12.3. The van der Waals surface area contributed by atoms with Crippen LogP contribution in [0, 0.1) is 17.3 Å². The first-order valence-corrected chi connectivity index (χ1v) is 11.0. The summed E-state index contributed by atoms with van der Waals surface area (Å²) in [6.07, 6.45) is 7.25. The summed E-state index contributed by atoms with van der Waals surface area (Å²) in [5.74, 6) is 1.54. The Morgan fingerprint density at radius 3 is 2.50 bits per heavy atom. The molecule has 1 aromatic carbocycles. The minimum absolute atomic E-state index is 0.186. The number of fused-ring (bicyclic) bond motifs is 2. The van der Waals surface area contributed by atoms with Gasteiger partial charge in [0.05, 0.1) is 10.0 Å². The topological polar surface area (TPSA) is 44.4 Å². The van der Waals surface area contributed by atoms with Crippen molar-refractivity contribution in [3.8, 4) is 0 Å². The smallest absolute Gasteiger partial charge is 0.319 e. The molecule has 1 saturated carbocycles. The molecule has 0 aromatic heterocycles. The number of hydrogen-bond donors (Lipinski definition) is 2. The zero-order valence-electron chi connectivity index (χ0n) is 16.6. The molecule has 1 heterocycles. The molecule has 4 nitrogen and oxygen atoms in total. The highest BCUT2D eigenvalue weighted by Crippen LogP contribution is 2.56. The number of amides is 2. The number of urea groups is 1. The van der Waals surface area contributed by atoms with Gasteiger partial charge in [-0.25, -0.2) is 4.79 Å². The maximum absolute atomic E-state index is 12.3. The Balaban J connectivity index is 1.23. The molecule has 2 bridgehead atoms. The van der Waals surface area contributed by atoms with Crippen molar-refractivity contribution in [2.45, 2.75) is 45.6 Å². The van der Waals surface area contributed by atoms with Crippen molar-refractivity contribution < 1.29 is 4.79 Å². The van der Waals surface area contributed by atoms with Gasteiger partial charge in [0.1, 0.15) is 0 Å². The number of piperidine rings is 1. The lowest BCUT2D eigenvalue weighted by molar-refractivity contribution is 0.197.